The van der Waals surface area contributed by atoms with E-state index in [1.807, 2.05) is 31.2 Å². The maximum atomic E-state index is 9.72. The number of benzene rings is 1. The zero-order valence-electron chi connectivity index (χ0n) is 8.95. The number of hydrogen-bond donors (Lipinski definition) is 1. The Hall–Kier alpha value is -0.570. The number of rotatable bonds is 6. The van der Waals surface area contributed by atoms with Crippen molar-refractivity contribution >= 4 is 11.6 Å². The highest BCUT2D eigenvalue weighted by molar-refractivity contribution is 6.31. The molecule has 84 valence electrons. The summed E-state index contributed by atoms with van der Waals surface area (Å²) in [6, 6.07) is 7.59. The molecule has 1 aromatic carbocycles. The second-order valence-corrected chi connectivity index (χ2v) is 3.84. The Kier molecular flexibility index (Phi) is 5.69. The van der Waals surface area contributed by atoms with Crippen LogP contribution in [0.1, 0.15) is 18.9 Å². The highest BCUT2D eigenvalue weighted by atomic mass is 35.5. The second kappa shape index (κ2) is 6.83. The highest BCUT2D eigenvalue weighted by Crippen LogP contribution is 2.17. The van der Waals surface area contributed by atoms with Gasteiger partial charge in [-0.25, -0.2) is 0 Å². The summed E-state index contributed by atoms with van der Waals surface area (Å²) < 4.78 is 5.18. The molecular weight excluding hydrogens is 212 g/mol. The number of ether oxygens (including phenoxy) is 1. The van der Waals surface area contributed by atoms with Crippen LogP contribution in [0.3, 0.4) is 0 Å². The zero-order valence-corrected chi connectivity index (χ0v) is 9.70. The monoisotopic (exact) mass is 228 g/mol. The minimum absolute atomic E-state index is 0.378. The first-order chi connectivity index (χ1) is 7.24. The van der Waals surface area contributed by atoms with Crippen molar-refractivity contribution in [3.05, 3.63) is 34.9 Å². The number of aliphatic hydroxyl groups is 1. The van der Waals surface area contributed by atoms with E-state index < -0.39 is 0 Å². The van der Waals surface area contributed by atoms with Crippen LogP contribution in [0.2, 0.25) is 5.02 Å². The molecule has 0 radical (unpaired) electrons. The van der Waals surface area contributed by atoms with Crippen molar-refractivity contribution in [3.63, 3.8) is 0 Å². The van der Waals surface area contributed by atoms with Gasteiger partial charge in [0.2, 0.25) is 0 Å². The van der Waals surface area contributed by atoms with Crippen LogP contribution in [0.4, 0.5) is 0 Å². The van der Waals surface area contributed by atoms with Crippen LogP contribution in [-0.2, 0) is 11.2 Å². The molecular formula is C12H17ClO2. The van der Waals surface area contributed by atoms with E-state index in [-0.39, 0.29) is 6.10 Å². The molecule has 1 N–H and O–H groups in total. The summed E-state index contributed by atoms with van der Waals surface area (Å²) in [7, 11) is 0. The standard InChI is InChI=1S/C12H17ClO2/c1-2-15-8-7-11(14)9-10-5-3-4-6-12(10)13/h3-6,11,14H,2,7-9H2,1H3. The van der Waals surface area contributed by atoms with Crippen LogP contribution in [0.25, 0.3) is 0 Å². The summed E-state index contributed by atoms with van der Waals surface area (Å²) in [5, 5.41) is 10.4. The molecule has 1 unspecified atom stereocenters. The first-order valence-corrected chi connectivity index (χ1v) is 5.61. The van der Waals surface area contributed by atoms with Crippen molar-refractivity contribution in [3.8, 4) is 0 Å². The van der Waals surface area contributed by atoms with Gasteiger partial charge in [-0.15, -0.1) is 0 Å². The largest absolute Gasteiger partial charge is 0.393 e. The Balaban J connectivity index is 2.37. The summed E-state index contributed by atoms with van der Waals surface area (Å²) in [6.45, 7) is 3.24. The van der Waals surface area contributed by atoms with E-state index in [0.29, 0.717) is 31.1 Å². The zero-order chi connectivity index (χ0) is 11.1. The lowest BCUT2D eigenvalue weighted by Crippen LogP contribution is -2.13. The van der Waals surface area contributed by atoms with Crippen molar-refractivity contribution in [2.24, 2.45) is 0 Å². The molecule has 0 aromatic heterocycles. The average molecular weight is 229 g/mol. The Morgan fingerprint density at radius 3 is 2.80 bits per heavy atom. The minimum atomic E-state index is -0.378. The molecule has 0 spiro atoms. The fraction of sp³-hybridized carbons (Fsp3) is 0.500. The van der Waals surface area contributed by atoms with Gasteiger partial charge in [0.05, 0.1) is 6.10 Å². The van der Waals surface area contributed by atoms with E-state index in [2.05, 4.69) is 0 Å². The summed E-state index contributed by atoms with van der Waals surface area (Å²) >= 11 is 5.99. The molecule has 0 heterocycles. The first-order valence-electron chi connectivity index (χ1n) is 5.23. The van der Waals surface area contributed by atoms with E-state index in [9.17, 15) is 5.11 Å². The molecule has 0 saturated heterocycles. The lowest BCUT2D eigenvalue weighted by molar-refractivity contribution is 0.0887. The van der Waals surface area contributed by atoms with Gasteiger partial charge < -0.3 is 9.84 Å². The SMILES string of the molecule is CCOCCC(O)Cc1ccccc1Cl. The Bertz CT molecular complexity index is 289. The Labute approximate surface area is 95.8 Å². The Morgan fingerprint density at radius 1 is 1.40 bits per heavy atom. The third kappa shape index (κ3) is 4.65. The Morgan fingerprint density at radius 2 is 2.13 bits per heavy atom. The van der Waals surface area contributed by atoms with E-state index in [1.54, 1.807) is 0 Å². The fourth-order valence-electron chi connectivity index (χ4n) is 1.38. The molecule has 0 aliphatic carbocycles. The van der Waals surface area contributed by atoms with Gasteiger partial charge >= 0.3 is 0 Å². The maximum absolute atomic E-state index is 9.72. The van der Waals surface area contributed by atoms with Gasteiger partial charge in [-0.05, 0) is 31.4 Å². The molecule has 0 saturated carbocycles. The third-order valence-electron chi connectivity index (χ3n) is 2.21. The maximum Gasteiger partial charge on any atom is 0.0603 e. The van der Waals surface area contributed by atoms with Crippen LogP contribution in [0, 0.1) is 0 Å². The number of halogens is 1. The van der Waals surface area contributed by atoms with E-state index in [4.69, 9.17) is 16.3 Å². The van der Waals surface area contributed by atoms with Crippen LogP contribution >= 0.6 is 11.6 Å². The molecule has 0 amide bonds. The fourth-order valence-corrected chi connectivity index (χ4v) is 1.60. The van der Waals surface area contributed by atoms with Gasteiger partial charge in [0.1, 0.15) is 0 Å². The number of aliphatic hydroxyl groups excluding tert-OH is 1. The molecule has 2 nitrogen and oxygen atoms in total. The summed E-state index contributed by atoms with van der Waals surface area (Å²) in [6.07, 6.45) is 0.864. The molecule has 0 aliphatic heterocycles. The van der Waals surface area contributed by atoms with Gasteiger partial charge in [-0.2, -0.15) is 0 Å². The quantitative estimate of drug-likeness (QED) is 0.759. The second-order valence-electron chi connectivity index (χ2n) is 3.43. The third-order valence-corrected chi connectivity index (χ3v) is 2.58. The van der Waals surface area contributed by atoms with Crippen LogP contribution in [-0.4, -0.2) is 24.4 Å². The highest BCUT2D eigenvalue weighted by Gasteiger charge is 2.07. The van der Waals surface area contributed by atoms with Gasteiger partial charge in [0.15, 0.2) is 0 Å². The summed E-state index contributed by atoms with van der Waals surface area (Å²) in [5.41, 5.74) is 0.989. The van der Waals surface area contributed by atoms with E-state index in [1.165, 1.54) is 0 Å². The van der Waals surface area contributed by atoms with Crippen molar-refractivity contribution < 1.29 is 9.84 Å². The molecule has 0 aliphatic rings. The predicted molar refractivity (Wildman–Crippen MR) is 62.3 cm³/mol. The summed E-state index contributed by atoms with van der Waals surface area (Å²) in [4.78, 5) is 0. The molecule has 1 aromatic rings. The number of hydrogen-bond acceptors (Lipinski definition) is 2. The molecule has 0 bridgehead atoms. The van der Waals surface area contributed by atoms with Crippen LogP contribution < -0.4 is 0 Å². The average Bonchev–Trinajstić information content (AvgIpc) is 2.22. The lowest BCUT2D eigenvalue weighted by Gasteiger charge is -2.11. The van der Waals surface area contributed by atoms with Gasteiger partial charge in [0.25, 0.3) is 0 Å². The minimum Gasteiger partial charge on any atom is -0.393 e. The van der Waals surface area contributed by atoms with Crippen molar-refractivity contribution in [1.29, 1.82) is 0 Å². The lowest BCUT2D eigenvalue weighted by atomic mass is 10.1. The smallest absolute Gasteiger partial charge is 0.0603 e. The predicted octanol–water partition coefficient (Wildman–Crippen LogP) is 2.67. The van der Waals surface area contributed by atoms with Crippen LogP contribution in [0.15, 0.2) is 24.3 Å². The molecule has 3 heteroatoms. The van der Waals surface area contributed by atoms with Crippen LogP contribution in [0.5, 0.6) is 0 Å². The van der Waals surface area contributed by atoms with E-state index >= 15 is 0 Å². The first kappa shape index (κ1) is 12.5. The molecule has 15 heavy (non-hydrogen) atoms. The van der Waals surface area contributed by atoms with Crippen molar-refractivity contribution in [1.82, 2.24) is 0 Å². The van der Waals surface area contributed by atoms with E-state index in [0.717, 1.165) is 5.56 Å². The molecule has 1 rings (SSSR count). The molecule has 0 fully saturated rings. The van der Waals surface area contributed by atoms with Gasteiger partial charge in [-0.1, -0.05) is 29.8 Å². The topological polar surface area (TPSA) is 29.5 Å². The van der Waals surface area contributed by atoms with Gasteiger partial charge in [-0.3, -0.25) is 0 Å². The van der Waals surface area contributed by atoms with Crippen molar-refractivity contribution in [2.45, 2.75) is 25.9 Å². The van der Waals surface area contributed by atoms with Crippen molar-refractivity contribution in [2.75, 3.05) is 13.2 Å². The molecule has 1 atom stereocenters. The summed E-state index contributed by atoms with van der Waals surface area (Å²) in [5.74, 6) is 0. The normalized spacial score (nSPS) is 12.7. The van der Waals surface area contributed by atoms with Gasteiger partial charge in [0, 0.05) is 18.2 Å².